The van der Waals surface area contributed by atoms with Gasteiger partial charge in [-0.1, -0.05) is 42.3 Å². The number of fused-ring (bicyclic) bond motifs is 2. The SMILES string of the molecule is CC[C@@H](Nc1ncnc2[nH]cnc12)c1cc2cccc(F)c2c(=O)n1-c1cc(Cl)cc(Cl)c1. The number of hydrogen-bond donors (Lipinski definition) is 2. The van der Waals surface area contributed by atoms with E-state index < -0.39 is 11.4 Å². The maximum Gasteiger partial charge on any atom is 0.266 e. The van der Waals surface area contributed by atoms with E-state index in [4.69, 9.17) is 23.2 Å². The van der Waals surface area contributed by atoms with Crippen molar-refractivity contribution in [1.29, 1.82) is 0 Å². The number of imidazole rings is 1. The first-order valence-corrected chi connectivity index (χ1v) is 10.9. The van der Waals surface area contributed by atoms with Crippen molar-refractivity contribution in [2.75, 3.05) is 5.32 Å². The molecule has 0 saturated heterocycles. The molecule has 0 aliphatic carbocycles. The highest BCUT2D eigenvalue weighted by Gasteiger charge is 2.22. The van der Waals surface area contributed by atoms with Crippen molar-refractivity contribution in [3.8, 4) is 5.69 Å². The van der Waals surface area contributed by atoms with Crippen LogP contribution in [-0.4, -0.2) is 24.5 Å². The van der Waals surface area contributed by atoms with Crippen LogP contribution in [0.5, 0.6) is 0 Å². The van der Waals surface area contributed by atoms with Crippen LogP contribution < -0.4 is 10.9 Å². The Balaban J connectivity index is 1.76. The maximum atomic E-state index is 14.7. The second-order valence-electron chi connectivity index (χ2n) is 7.47. The lowest BCUT2D eigenvalue weighted by atomic mass is 10.0. The summed E-state index contributed by atoms with van der Waals surface area (Å²) in [7, 11) is 0. The smallest absolute Gasteiger partial charge is 0.266 e. The van der Waals surface area contributed by atoms with Gasteiger partial charge in [0.25, 0.3) is 5.56 Å². The van der Waals surface area contributed by atoms with Crippen LogP contribution in [0.1, 0.15) is 25.1 Å². The van der Waals surface area contributed by atoms with E-state index in [0.29, 0.717) is 50.2 Å². The third-order valence-corrected chi connectivity index (χ3v) is 5.86. The number of benzene rings is 2. The summed E-state index contributed by atoms with van der Waals surface area (Å²) in [6.07, 6.45) is 3.55. The van der Waals surface area contributed by atoms with Crippen LogP contribution in [0, 0.1) is 5.82 Å². The third-order valence-electron chi connectivity index (χ3n) is 5.42. The van der Waals surface area contributed by atoms with Crippen LogP contribution >= 0.6 is 23.2 Å². The van der Waals surface area contributed by atoms with Crippen LogP contribution in [0.2, 0.25) is 10.0 Å². The number of aromatic nitrogens is 5. The third kappa shape index (κ3) is 3.81. The second kappa shape index (κ2) is 8.46. The Bertz CT molecular complexity index is 1540. The van der Waals surface area contributed by atoms with Gasteiger partial charge in [-0.25, -0.2) is 19.3 Å². The van der Waals surface area contributed by atoms with Crippen molar-refractivity contribution in [2.45, 2.75) is 19.4 Å². The molecule has 5 aromatic rings. The largest absolute Gasteiger partial charge is 0.360 e. The molecular formula is C23H17Cl2FN6O. The number of anilines is 1. The number of pyridine rings is 1. The average Bonchev–Trinajstić information content (AvgIpc) is 3.26. The Hall–Kier alpha value is -3.49. The monoisotopic (exact) mass is 482 g/mol. The summed E-state index contributed by atoms with van der Waals surface area (Å²) in [5.41, 5.74) is 1.68. The molecule has 3 aromatic heterocycles. The first-order chi connectivity index (χ1) is 16.0. The van der Waals surface area contributed by atoms with Gasteiger partial charge in [0.05, 0.1) is 23.4 Å². The average molecular weight is 483 g/mol. The fraction of sp³-hybridized carbons (Fsp3) is 0.130. The van der Waals surface area contributed by atoms with Gasteiger partial charge < -0.3 is 10.3 Å². The van der Waals surface area contributed by atoms with E-state index in [1.165, 1.54) is 23.3 Å². The number of halogens is 3. The van der Waals surface area contributed by atoms with E-state index in [1.54, 1.807) is 36.4 Å². The first kappa shape index (κ1) is 21.4. The van der Waals surface area contributed by atoms with E-state index in [9.17, 15) is 9.18 Å². The van der Waals surface area contributed by atoms with Gasteiger partial charge in [0.15, 0.2) is 11.5 Å². The van der Waals surface area contributed by atoms with E-state index in [2.05, 4.69) is 25.3 Å². The summed E-state index contributed by atoms with van der Waals surface area (Å²) >= 11 is 12.5. The molecule has 0 aliphatic rings. The number of rotatable bonds is 5. The van der Waals surface area contributed by atoms with Crippen molar-refractivity contribution in [3.63, 3.8) is 0 Å². The van der Waals surface area contributed by atoms with Crippen molar-refractivity contribution < 1.29 is 4.39 Å². The first-order valence-electron chi connectivity index (χ1n) is 10.2. The van der Waals surface area contributed by atoms with Gasteiger partial charge in [-0.15, -0.1) is 0 Å². The lowest BCUT2D eigenvalue weighted by Gasteiger charge is -2.23. The van der Waals surface area contributed by atoms with Crippen LogP contribution in [0.3, 0.4) is 0 Å². The van der Waals surface area contributed by atoms with Gasteiger partial charge in [-0.05, 0) is 42.1 Å². The standard InChI is InChI=1S/C23H17Cl2FN6O/c1-2-17(31-22-20-21(28-10-27-20)29-11-30-22)18-6-12-4-3-5-16(26)19(12)23(33)32(18)15-8-13(24)7-14(25)9-15/h3-11,17H,2H2,1H3,(H2,27,28,29,30,31)/t17-/m1/s1. The number of nitrogens with zero attached hydrogens (tertiary/aromatic N) is 4. The fourth-order valence-corrected chi connectivity index (χ4v) is 4.47. The molecule has 166 valence electrons. The van der Waals surface area contributed by atoms with Crippen LogP contribution in [-0.2, 0) is 0 Å². The van der Waals surface area contributed by atoms with Crippen molar-refractivity contribution in [3.05, 3.63) is 87.0 Å². The van der Waals surface area contributed by atoms with Crippen LogP contribution in [0.4, 0.5) is 10.2 Å². The molecule has 2 N–H and O–H groups in total. The Kier molecular flexibility index (Phi) is 5.47. The molecule has 10 heteroatoms. The van der Waals surface area contributed by atoms with Gasteiger partial charge in [0, 0.05) is 15.7 Å². The predicted molar refractivity (Wildman–Crippen MR) is 128 cm³/mol. The van der Waals surface area contributed by atoms with Crippen LogP contribution in [0.25, 0.3) is 27.6 Å². The van der Waals surface area contributed by atoms with Gasteiger partial charge in [0.2, 0.25) is 0 Å². The van der Waals surface area contributed by atoms with Gasteiger partial charge in [-0.2, -0.15) is 0 Å². The van der Waals surface area contributed by atoms with Crippen LogP contribution in [0.15, 0.2) is 59.9 Å². The molecule has 0 spiro atoms. The maximum absolute atomic E-state index is 14.7. The molecule has 0 saturated carbocycles. The number of hydrogen-bond acceptors (Lipinski definition) is 5. The minimum Gasteiger partial charge on any atom is -0.360 e. The fourth-order valence-electron chi connectivity index (χ4n) is 3.95. The normalized spacial score (nSPS) is 12.4. The van der Waals surface area contributed by atoms with E-state index in [-0.39, 0.29) is 11.4 Å². The molecule has 0 bridgehead atoms. The Morgan fingerprint density at radius 1 is 1.12 bits per heavy atom. The molecule has 0 aliphatic heterocycles. The zero-order valence-electron chi connectivity index (χ0n) is 17.3. The molecular weight excluding hydrogens is 466 g/mol. The molecule has 0 unspecified atom stereocenters. The number of H-pyrrole nitrogens is 1. The number of nitrogens with one attached hydrogen (secondary N) is 2. The summed E-state index contributed by atoms with van der Waals surface area (Å²) in [6.45, 7) is 1.97. The molecule has 33 heavy (non-hydrogen) atoms. The molecule has 5 rings (SSSR count). The van der Waals surface area contributed by atoms with E-state index in [0.717, 1.165) is 0 Å². The minimum atomic E-state index is -0.596. The topological polar surface area (TPSA) is 88.5 Å². The lowest BCUT2D eigenvalue weighted by molar-refractivity contribution is 0.635. The minimum absolute atomic E-state index is 0.0103. The summed E-state index contributed by atoms with van der Waals surface area (Å²) in [4.78, 5) is 29.3. The van der Waals surface area contributed by atoms with Crippen molar-refractivity contribution >= 4 is 51.0 Å². The molecule has 0 fully saturated rings. The van der Waals surface area contributed by atoms with Crippen molar-refractivity contribution in [1.82, 2.24) is 24.5 Å². The zero-order chi connectivity index (χ0) is 23.1. The molecule has 3 heterocycles. The summed E-state index contributed by atoms with van der Waals surface area (Å²) in [5, 5.41) is 4.57. The summed E-state index contributed by atoms with van der Waals surface area (Å²) in [6, 6.07) is 10.8. The highest BCUT2D eigenvalue weighted by atomic mass is 35.5. The molecule has 2 aromatic carbocycles. The molecule has 0 amide bonds. The molecule has 1 atom stereocenters. The number of aromatic amines is 1. The second-order valence-corrected chi connectivity index (χ2v) is 8.34. The Morgan fingerprint density at radius 3 is 2.67 bits per heavy atom. The highest BCUT2D eigenvalue weighted by molar-refractivity contribution is 6.34. The van der Waals surface area contributed by atoms with E-state index in [1.807, 2.05) is 6.92 Å². The van der Waals surface area contributed by atoms with E-state index >= 15 is 0 Å². The van der Waals surface area contributed by atoms with Gasteiger partial charge in [-0.3, -0.25) is 9.36 Å². The summed E-state index contributed by atoms with van der Waals surface area (Å²) < 4.78 is 16.1. The summed E-state index contributed by atoms with van der Waals surface area (Å²) in [5.74, 6) is -0.0865. The molecule has 7 nitrogen and oxygen atoms in total. The van der Waals surface area contributed by atoms with Gasteiger partial charge in [0.1, 0.15) is 17.7 Å². The Morgan fingerprint density at radius 2 is 1.91 bits per heavy atom. The lowest BCUT2D eigenvalue weighted by Crippen LogP contribution is -2.27. The predicted octanol–water partition coefficient (Wildman–Crippen LogP) is 5.67. The zero-order valence-corrected chi connectivity index (χ0v) is 18.8. The van der Waals surface area contributed by atoms with Crippen molar-refractivity contribution in [2.24, 2.45) is 0 Å². The molecule has 0 radical (unpaired) electrons. The quantitative estimate of drug-likeness (QED) is 0.337. The Labute approximate surface area is 197 Å². The highest BCUT2D eigenvalue weighted by Crippen LogP contribution is 2.30. The van der Waals surface area contributed by atoms with Gasteiger partial charge >= 0.3 is 0 Å².